The largest absolute Gasteiger partial charge is 0.482 e. The molecule has 28 heavy (non-hydrogen) atoms. The Morgan fingerprint density at radius 3 is 2.25 bits per heavy atom. The normalized spacial score (nSPS) is 11.0. The van der Waals surface area contributed by atoms with Crippen LogP contribution in [0.5, 0.6) is 23.1 Å². The van der Waals surface area contributed by atoms with Crippen molar-refractivity contribution >= 4 is 5.97 Å². The van der Waals surface area contributed by atoms with Gasteiger partial charge in [-0.2, -0.15) is 13.2 Å². The fraction of sp³-hybridized carbons (Fsp3) is 0.100. The molecule has 0 bridgehead atoms. The molecular formula is C20H14F3NO4. The Hall–Kier alpha value is -3.55. The van der Waals surface area contributed by atoms with Crippen LogP contribution in [0.15, 0.2) is 72.9 Å². The van der Waals surface area contributed by atoms with Gasteiger partial charge in [0.1, 0.15) is 17.2 Å². The minimum Gasteiger partial charge on any atom is -0.482 e. The molecule has 0 aliphatic heterocycles. The van der Waals surface area contributed by atoms with E-state index in [9.17, 15) is 18.0 Å². The van der Waals surface area contributed by atoms with Crippen molar-refractivity contribution in [2.24, 2.45) is 0 Å². The first kappa shape index (κ1) is 19.2. The average Bonchev–Trinajstić information content (AvgIpc) is 2.68. The number of carbonyl (C=O) groups is 1. The molecule has 0 saturated heterocycles. The van der Waals surface area contributed by atoms with Gasteiger partial charge >= 0.3 is 12.1 Å². The van der Waals surface area contributed by atoms with Crippen molar-refractivity contribution in [3.63, 3.8) is 0 Å². The Morgan fingerprint density at radius 2 is 1.57 bits per heavy atom. The maximum absolute atomic E-state index is 12.9. The van der Waals surface area contributed by atoms with Gasteiger partial charge < -0.3 is 14.2 Å². The van der Waals surface area contributed by atoms with Crippen molar-refractivity contribution in [2.45, 2.75) is 6.18 Å². The molecule has 0 saturated carbocycles. The van der Waals surface area contributed by atoms with Crippen LogP contribution < -0.4 is 14.2 Å². The van der Waals surface area contributed by atoms with E-state index in [1.807, 2.05) is 0 Å². The van der Waals surface area contributed by atoms with Gasteiger partial charge in [0.25, 0.3) is 0 Å². The van der Waals surface area contributed by atoms with E-state index < -0.39 is 30.1 Å². The zero-order valence-electron chi connectivity index (χ0n) is 14.3. The van der Waals surface area contributed by atoms with Crippen molar-refractivity contribution < 1.29 is 32.2 Å². The van der Waals surface area contributed by atoms with Crippen LogP contribution in [0.4, 0.5) is 13.2 Å². The van der Waals surface area contributed by atoms with E-state index >= 15 is 0 Å². The number of carbonyl (C=O) groups excluding carboxylic acids is 1. The van der Waals surface area contributed by atoms with Gasteiger partial charge in [-0.1, -0.05) is 18.2 Å². The number of benzene rings is 2. The maximum Gasteiger partial charge on any atom is 0.419 e. The van der Waals surface area contributed by atoms with Gasteiger partial charge in [0, 0.05) is 12.3 Å². The summed E-state index contributed by atoms with van der Waals surface area (Å²) in [7, 11) is 0. The van der Waals surface area contributed by atoms with Crippen LogP contribution in [-0.2, 0) is 11.0 Å². The molecule has 8 heteroatoms. The molecule has 0 fully saturated rings. The molecule has 0 unspecified atom stereocenters. The Labute approximate surface area is 158 Å². The average molecular weight is 389 g/mol. The molecule has 0 N–H and O–H groups in total. The number of halogens is 3. The van der Waals surface area contributed by atoms with Crippen LogP contribution in [0.3, 0.4) is 0 Å². The van der Waals surface area contributed by atoms with Crippen LogP contribution in [0, 0.1) is 0 Å². The number of ether oxygens (including phenoxy) is 3. The molecule has 3 rings (SSSR count). The van der Waals surface area contributed by atoms with Gasteiger partial charge in [0.15, 0.2) is 6.61 Å². The Morgan fingerprint density at radius 1 is 0.893 bits per heavy atom. The Bertz CT molecular complexity index is 928. The van der Waals surface area contributed by atoms with Crippen molar-refractivity contribution in [1.82, 2.24) is 4.98 Å². The number of para-hydroxylation sites is 1. The quantitative estimate of drug-likeness (QED) is 0.444. The highest BCUT2D eigenvalue weighted by Crippen LogP contribution is 2.35. The SMILES string of the molecule is O=C(COc1ccc(Oc2ccccn2)cc1)Oc1ccccc1C(F)(F)F. The summed E-state index contributed by atoms with van der Waals surface area (Å²) >= 11 is 0. The predicted molar refractivity (Wildman–Crippen MR) is 93.3 cm³/mol. The number of esters is 1. The Balaban J connectivity index is 1.55. The molecule has 0 radical (unpaired) electrons. The van der Waals surface area contributed by atoms with E-state index in [-0.39, 0.29) is 0 Å². The summed E-state index contributed by atoms with van der Waals surface area (Å²) < 4.78 is 54.3. The summed E-state index contributed by atoms with van der Waals surface area (Å²) in [6.07, 6.45) is -3.03. The van der Waals surface area contributed by atoms with Crippen LogP contribution in [-0.4, -0.2) is 17.6 Å². The van der Waals surface area contributed by atoms with E-state index in [1.165, 1.54) is 12.1 Å². The topological polar surface area (TPSA) is 57.7 Å². The number of rotatable bonds is 6. The smallest absolute Gasteiger partial charge is 0.419 e. The number of hydrogen-bond donors (Lipinski definition) is 0. The minimum absolute atomic E-state index is 0.328. The second kappa shape index (κ2) is 8.43. The highest BCUT2D eigenvalue weighted by atomic mass is 19.4. The van der Waals surface area contributed by atoms with Gasteiger partial charge in [-0.3, -0.25) is 0 Å². The molecule has 0 aliphatic carbocycles. The van der Waals surface area contributed by atoms with E-state index in [4.69, 9.17) is 14.2 Å². The number of nitrogens with zero attached hydrogens (tertiary/aromatic N) is 1. The van der Waals surface area contributed by atoms with Gasteiger partial charge in [0.2, 0.25) is 5.88 Å². The molecule has 2 aromatic carbocycles. The first-order valence-electron chi connectivity index (χ1n) is 8.10. The number of aromatic nitrogens is 1. The predicted octanol–water partition coefficient (Wildman–Crippen LogP) is 4.88. The molecule has 5 nitrogen and oxygen atoms in total. The number of pyridine rings is 1. The lowest BCUT2D eigenvalue weighted by Gasteiger charge is -2.13. The van der Waals surface area contributed by atoms with E-state index in [0.717, 1.165) is 12.1 Å². The first-order chi connectivity index (χ1) is 13.4. The summed E-state index contributed by atoms with van der Waals surface area (Å²) in [5, 5.41) is 0. The zero-order valence-corrected chi connectivity index (χ0v) is 14.3. The van der Waals surface area contributed by atoms with Gasteiger partial charge in [-0.15, -0.1) is 0 Å². The second-order valence-corrected chi connectivity index (χ2v) is 5.50. The van der Waals surface area contributed by atoms with Gasteiger partial charge in [-0.05, 0) is 42.5 Å². The fourth-order valence-corrected chi connectivity index (χ4v) is 2.22. The van der Waals surface area contributed by atoms with Crippen LogP contribution in [0.25, 0.3) is 0 Å². The molecule has 0 spiro atoms. The second-order valence-electron chi connectivity index (χ2n) is 5.50. The third-order valence-electron chi connectivity index (χ3n) is 3.46. The van der Waals surface area contributed by atoms with E-state index in [0.29, 0.717) is 17.4 Å². The fourth-order valence-electron chi connectivity index (χ4n) is 2.22. The highest BCUT2D eigenvalue weighted by Gasteiger charge is 2.34. The number of alkyl halides is 3. The lowest BCUT2D eigenvalue weighted by atomic mass is 10.2. The standard InChI is InChI=1S/C20H14F3NO4/c21-20(22,23)16-5-1-2-6-17(16)28-19(25)13-26-14-8-10-15(11-9-14)27-18-7-3-4-12-24-18/h1-12H,13H2. The van der Waals surface area contributed by atoms with Crippen molar-refractivity contribution in [3.05, 3.63) is 78.5 Å². The van der Waals surface area contributed by atoms with E-state index in [1.54, 1.807) is 48.7 Å². The first-order valence-corrected chi connectivity index (χ1v) is 8.10. The molecular weight excluding hydrogens is 375 g/mol. The summed E-state index contributed by atoms with van der Waals surface area (Å²) in [5.41, 5.74) is -1.03. The van der Waals surface area contributed by atoms with Crippen molar-refractivity contribution in [2.75, 3.05) is 6.61 Å². The molecule has 1 heterocycles. The molecule has 0 atom stereocenters. The zero-order chi connectivity index (χ0) is 20.0. The minimum atomic E-state index is -4.62. The molecule has 3 aromatic rings. The third kappa shape index (κ3) is 5.23. The van der Waals surface area contributed by atoms with Gasteiger partial charge in [0.05, 0.1) is 5.56 Å². The van der Waals surface area contributed by atoms with E-state index in [2.05, 4.69) is 4.98 Å². The summed E-state index contributed by atoms with van der Waals surface area (Å²) in [6, 6.07) is 16.0. The molecule has 144 valence electrons. The van der Waals surface area contributed by atoms with Crippen LogP contribution in [0.1, 0.15) is 5.56 Å². The monoisotopic (exact) mass is 389 g/mol. The summed E-state index contributed by atoms with van der Waals surface area (Å²) in [5.74, 6) is -0.265. The maximum atomic E-state index is 12.9. The van der Waals surface area contributed by atoms with Crippen LogP contribution in [0.2, 0.25) is 0 Å². The lowest BCUT2D eigenvalue weighted by molar-refractivity contribution is -0.143. The third-order valence-corrected chi connectivity index (χ3v) is 3.46. The summed E-state index contributed by atoms with van der Waals surface area (Å²) in [4.78, 5) is 15.9. The molecule has 0 aliphatic rings. The molecule has 1 aromatic heterocycles. The van der Waals surface area contributed by atoms with Crippen molar-refractivity contribution in [3.8, 4) is 23.1 Å². The van der Waals surface area contributed by atoms with Gasteiger partial charge in [-0.25, -0.2) is 9.78 Å². The van der Waals surface area contributed by atoms with Crippen molar-refractivity contribution in [1.29, 1.82) is 0 Å². The highest BCUT2D eigenvalue weighted by molar-refractivity contribution is 5.74. The summed E-state index contributed by atoms with van der Waals surface area (Å²) in [6.45, 7) is -0.549. The Kier molecular flexibility index (Phi) is 5.78. The lowest BCUT2D eigenvalue weighted by Crippen LogP contribution is -2.19. The molecule has 0 amide bonds. The van der Waals surface area contributed by atoms with Crippen LogP contribution >= 0.6 is 0 Å². The number of hydrogen-bond acceptors (Lipinski definition) is 5.